The smallest absolute Gasteiger partial charge is 0.256 e. The van der Waals surface area contributed by atoms with E-state index in [4.69, 9.17) is 0 Å². The minimum Gasteiger partial charge on any atom is -0.365 e. The molecule has 0 spiro atoms. The first-order chi connectivity index (χ1) is 8.27. The zero-order valence-corrected chi connectivity index (χ0v) is 11.4. The summed E-state index contributed by atoms with van der Waals surface area (Å²) in [5, 5.41) is 3.42. The van der Waals surface area contributed by atoms with E-state index in [0.29, 0.717) is 12.1 Å². The first-order valence-electron chi connectivity index (χ1n) is 6.44. The molecule has 4 nitrogen and oxygen atoms in total. The van der Waals surface area contributed by atoms with Gasteiger partial charge >= 0.3 is 0 Å². The van der Waals surface area contributed by atoms with Crippen LogP contribution in [0.1, 0.15) is 35.3 Å². The maximum absolute atomic E-state index is 12.6. The molecule has 1 aromatic rings. The first kappa shape index (κ1) is 13.4. The number of hydrogen-bond donors (Lipinski definition) is 2. The van der Waals surface area contributed by atoms with Crippen LogP contribution in [0.3, 0.4) is 0 Å². The van der Waals surface area contributed by atoms with E-state index in [1.807, 2.05) is 19.2 Å². The Hall–Kier alpha value is -1.00. The number of aryl methyl sites for hydroxylation is 1. The van der Waals surface area contributed by atoms with E-state index in [-0.39, 0.29) is 18.3 Å². The van der Waals surface area contributed by atoms with Crippen molar-refractivity contribution in [2.75, 3.05) is 13.1 Å². The van der Waals surface area contributed by atoms with Gasteiger partial charge in [0.1, 0.15) is 0 Å². The highest BCUT2D eigenvalue weighted by Gasteiger charge is 2.38. The lowest BCUT2D eigenvalue weighted by atomic mass is 10.1. The molecule has 2 fully saturated rings. The van der Waals surface area contributed by atoms with Crippen molar-refractivity contribution in [2.45, 2.75) is 38.3 Å². The van der Waals surface area contributed by atoms with Crippen molar-refractivity contribution in [1.82, 2.24) is 15.2 Å². The molecule has 2 atom stereocenters. The molecule has 2 N–H and O–H groups in total. The third kappa shape index (κ3) is 2.15. The molecular formula is C13H20ClN3O. The molecule has 0 aromatic carbocycles. The maximum Gasteiger partial charge on any atom is 0.256 e. The molecule has 100 valence electrons. The third-order valence-electron chi connectivity index (χ3n) is 4.07. The molecule has 1 amide bonds. The average molecular weight is 270 g/mol. The second-order valence-electron chi connectivity index (χ2n) is 5.11. The molecule has 2 aliphatic rings. The van der Waals surface area contributed by atoms with Crippen molar-refractivity contribution in [2.24, 2.45) is 0 Å². The number of carbonyl (C=O) groups is 1. The SMILES string of the molecule is Cc1[nH]ccc1C(=O)N1C2CCNCC1CC2.Cl. The highest BCUT2D eigenvalue weighted by Crippen LogP contribution is 2.29. The maximum atomic E-state index is 12.6. The van der Waals surface area contributed by atoms with Crippen molar-refractivity contribution < 1.29 is 4.79 Å². The Balaban J connectivity index is 0.00000120. The van der Waals surface area contributed by atoms with Crippen LogP contribution in [0, 0.1) is 6.92 Å². The van der Waals surface area contributed by atoms with E-state index in [1.165, 1.54) is 6.42 Å². The summed E-state index contributed by atoms with van der Waals surface area (Å²) >= 11 is 0. The number of carbonyl (C=O) groups excluding carboxylic acids is 1. The highest BCUT2D eigenvalue weighted by atomic mass is 35.5. The molecule has 3 heterocycles. The standard InChI is InChI=1S/C13H19N3O.ClH/c1-9-12(5-7-15-9)13(17)16-10-2-3-11(16)8-14-6-4-10;/h5,7,10-11,14-15H,2-4,6,8H2,1H3;1H. The molecule has 2 bridgehead atoms. The van der Waals surface area contributed by atoms with Crippen LogP contribution >= 0.6 is 12.4 Å². The fourth-order valence-electron chi connectivity index (χ4n) is 3.14. The van der Waals surface area contributed by atoms with Crippen molar-refractivity contribution in [3.8, 4) is 0 Å². The van der Waals surface area contributed by atoms with Crippen LogP contribution in [0.25, 0.3) is 0 Å². The minimum absolute atomic E-state index is 0. The molecule has 2 saturated heterocycles. The molecule has 0 saturated carbocycles. The number of amides is 1. The molecule has 5 heteroatoms. The van der Waals surface area contributed by atoms with E-state index in [2.05, 4.69) is 15.2 Å². The molecule has 0 radical (unpaired) electrons. The molecule has 1 aromatic heterocycles. The Kier molecular flexibility index (Phi) is 3.97. The van der Waals surface area contributed by atoms with Gasteiger partial charge in [0.25, 0.3) is 5.91 Å². The van der Waals surface area contributed by atoms with Gasteiger partial charge in [-0.1, -0.05) is 0 Å². The molecule has 3 rings (SSSR count). The zero-order valence-electron chi connectivity index (χ0n) is 10.6. The predicted molar refractivity (Wildman–Crippen MR) is 73.2 cm³/mol. The van der Waals surface area contributed by atoms with Crippen LogP contribution in [0.2, 0.25) is 0 Å². The fourth-order valence-corrected chi connectivity index (χ4v) is 3.14. The number of H-pyrrole nitrogens is 1. The second-order valence-corrected chi connectivity index (χ2v) is 5.11. The van der Waals surface area contributed by atoms with Gasteiger partial charge in [-0.3, -0.25) is 4.79 Å². The number of aromatic nitrogens is 1. The number of nitrogens with zero attached hydrogens (tertiary/aromatic N) is 1. The van der Waals surface area contributed by atoms with Gasteiger partial charge in [-0.05, 0) is 38.8 Å². The Morgan fingerprint density at radius 2 is 2.11 bits per heavy atom. The van der Waals surface area contributed by atoms with Crippen molar-refractivity contribution in [3.63, 3.8) is 0 Å². The van der Waals surface area contributed by atoms with Gasteiger partial charge in [-0.15, -0.1) is 12.4 Å². The van der Waals surface area contributed by atoms with E-state index in [0.717, 1.165) is 37.2 Å². The summed E-state index contributed by atoms with van der Waals surface area (Å²) in [6.07, 6.45) is 5.25. The Morgan fingerprint density at radius 1 is 1.33 bits per heavy atom. The lowest BCUT2D eigenvalue weighted by Crippen LogP contribution is -2.42. The lowest BCUT2D eigenvalue weighted by Gasteiger charge is -2.27. The number of hydrogen-bond acceptors (Lipinski definition) is 2. The Morgan fingerprint density at radius 3 is 2.83 bits per heavy atom. The third-order valence-corrected chi connectivity index (χ3v) is 4.07. The van der Waals surface area contributed by atoms with Crippen molar-refractivity contribution >= 4 is 18.3 Å². The van der Waals surface area contributed by atoms with Crippen molar-refractivity contribution in [3.05, 3.63) is 23.5 Å². The Labute approximate surface area is 114 Å². The highest BCUT2D eigenvalue weighted by molar-refractivity contribution is 5.96. The largest absolute Gasteiger partial charge is 0.365 e. The summed E-state index contributed by atoms with van der Waals surface area (Å²) in [7, 11) is 0. The van der Waals surface area contributed by atoms with Crippen LogP contribution < -0.4 is 5.32 Å². The first-order valence-corrected chi connectivity index (χ1v) is 6.44. The van der Waals surface area contributed by atoms with E-state index in [1.54, 1.807) is 0 Å². The summed E-state index contributed by atoms with van der Waals surface area (Å²) in [5.41, 5.74) is 1.82. The quantitative estimate of drug-likeness (QED) is 0.815. The van der Waals surface area contributed by atoms with Gasteiger partial charge in [0.05, 0.1) is 5.56 Å². The van der Waals surface area contributed by atoms with Gasteiger partial charge in [-0.2, -0.15) is 0 Å². The lowest BCUT2D eigenvalue weighted by molar-refractivity contribution is 0.0680. The number of halogens is 1. The minimum atomic E-state index is 0. The summed E-state index contributed by atoms with van der Waals surface area (Å²) in [6.45, 7) is 3.95. The average Bonchev–Trinajstić information content (AvgIpc) is 2.81. The monoisotopic (exact) mass is 269 g/mol. The van der Waals surface area contributed by atoms with Crippen LogP contribution in [-0.2, 0) is 0 Å². The Bertz CT molecular complexity index is 418. The van der Waals surface area contributed by atoms with Crippen LogP contribution in [0.4, 0.5) is 0 Å². The van der Waals surface area contributed by atoms with E-state index in [9.17, 15) is 4.79 Å². The van der Waals surface area contributed by atoms with Crippen molar-refractivity contribution in [1.29, 1.82) is 0 Å². The fraction of sp³-hybridized carbons (Fsp3) is 0.615. The van der Waals surface area contributed by atoms with Gasteiger partial charge in [0, 0.05) is 30.5 Å². The van der Waals surface area contributed by atoms with Crippen LogP contribution in [0.15, 0.2) is 12.3 Å². The molecular weight excluding hydrogens is 250 g/mol. The summed E-state index contributed by atoms with van der Waals surface area (Å²) in [6, 6.07) is 2.73. The summed E-state index contributed by atoms with van der Waals surface area (Å²) in [5.74, 6) is 0.208. The molecule has 2 aliphatic heterocycles. The van der Waals surface area contributed by atoms with E-state index >= 15 is 0 Å². The van der Waals surface area contributed by atoms with Gasteiger partial charge in [0.15, 0.2) is 0 Å². The number of rotatable bonds is 1. The molecule has 2 unspecified atom stereocenters. The number of nitrogens with one attached hydrogen (secondary N) is 2. The number of aromatic amines is 1. The zero-order chi connectivity index (χ0) is 11.8. The summed E-state index contributed by atoms with van der Waals surface area (Å²) in [4.78, 5) is 17.8. The normalized spacial score (nSPS) is 26.6. The second kappa shape index (κ2) is 5.33. The van der Waals surface area contributed by atoms with E-state index < -0.39 is 0 Å². The topological polar surface area (TPSA) is 48.1 Å². The molecule has 0 aliphatic carbocycles. The van der Waals surface area contributed by atoms with Crippen LogP contribution in [-0.4, -0.2) is 41.0 Å². The summed E-state index contributed by atoms with van der Waals surface area (Å²) < 4.78 is 0. The molecule has 18 heavy (non-hydrogen) atoms. The van der Waals surface area contributed by atoms with Gasteiger partial charge in [0.2, 0.25) is 0 Å². The van der Waals surface area contributed by atoms with Gasteiger partial charge in [-0.25, -0.2) is 0 Å². The van der Waals surface area contributed by atoms with Crippen LogP contribution in [0.5, 0.6) is 0 Å². The van der Waals surface area contributed by atoms with Gasteiger partial charge < -0.3 is 15.2 Å². The number of fused-ring (bicyclic) bond motifs is 2. The predicted octanol–water partition coefficient (Wildman–Crippen LogP) is 1.71.